The Morgan fingerprint density at radius 3 is 2.37 bits per heavy atom. The summed E-state index contributed by atoms with van der Waals surface area (Å²) < 4.78 is 5.34. The maximum Gasteiger partial charge on any atom is 0.268 e. The normalized spacial score (nSPS) is 12.3. The predicted molar refractivity (Wildman–Crippen MR) is 118 cm³/mol. The first-order chi connectivity index (χ1) is 14.5. The van der Waals surface area contributed by atoms with Gasteiger partial charge < -0.3 is 15.1 Å². The van der Waals surface area contributed by atoms with Gasteiger partial charge in [0.1, 0.15) is 11.5 Å². The van der Waals surface area contributed by atoms with Gasteiger partial charge in [0.2, 0.25) is 0 Å². The smallest absolute Gasteiger partial charge is 0.268 e. The van der Waals surface area contributed by atoms with Crippen molar-refractivity contribution in [1.82, 2.24) is 10.6 Å². The van der Waals surface area contributed by atoms with Gasteiger partial charge in [0.15, 0.2) is 0 Å². The van der Waals surface area contributed by atoms with E-state index >= 15 is 0 Å². The zero-order valence-corrected chi connectivity index (χ0v) is 17.4. The van der Waals surface area contributed by atoms with Gasteiger partial charge in [-0.3, -0.25) is 9.59 Å². The van der Waals surface area contributed by atoms with Gasteiger partial charge in [-0.1, -0.05) is 48.9 Å². The third-order valence-electron chi connectivity index (χ3n) is 4.91. The second kappa shape index (κ2) is 9.74. The molecule has 154 valence electrons. The van der Waals surface area contributed by atoms with Crippen LogP contribution in [-0.4, -0.2) is 11.8 Å². The quantitative estimate of drug-likeness (QED) is 0.550. The minimum atomic E-state index is -0.373. The van der Waals surface area contributed by atoms with Gasteiger partial charge in [-0.15, -0.1) is 0 Å². The molecule has 0 aliphatic carbocycles. The zero-order chi connectivity index (χ0) is 21.5. The maximum atomic E-state index is 13.1. The lowest BCUT2D eigenvalue weighted by molar-refractivity contribution is -0.118. The molecule has 5 heteroatoms. The molecule has 30 heavy (non-hydrogen) atoms. The minimum Gasteiger partial charge on any atom is -0.465 e. The summed E-state index contributed by atoms with van der Waals surface area (Å²) in [6.45, 7) is 5.98. The molecule has 0 fully saturated rings. The van der Waals surface area contributed by atoms with Gasteiger partial charge >= 0.3 is 0 Å². The van der Waals surface area contributed by atoms with Crippen molar-refractivity contribution in [1.29, 1.82) is 0 Å². The van der Waals surface area contributed by atoms with Crippen molar-refractivity contribution in [3.8, 4) is 0 Å². The summed E-state index contributed by atoms with van der Waals surface area (Å²) in [5.41, 5.74) is 3.81. The van der Waals surface area contributed by atoms with Crippen LogP contribution in [0.3, 0.4) is 0 Å². The number of furan rings is 1. The fourth-order valence-corrected chi connectivity index (χ4v) is 3.19. The van der Waals surface area contributed by atoms with Gasteiger partial charge in [0, 0.05) is 11.6 Å². The van der Waals surface area contributed by atoms with Gasteiger partial charge in [-0.05, 0) is 55.7 Å². The number of rotatable bonds is 7. The molecule has 1 unspecified atom stereocenters. The highest BCUT2D eigenvalue weighted by molar-refractivity contribution is 6.05. The minimum absolute atomic E-state index is 0.127. The standard InChI is InChI=1S/C25H26N2O3/c1-4-22(21-10-6-5-8-18(21)3)26-25(29)23(16-20-9-7-15-30-20)27-24(28)19-13-11-17(2)12-14-19/h5-16,22H,4H2,1-3H3,(H,26,29)(H,27,28)/b23-16-. The molecular formula is C25H26N2O3. The molecule has 0 radical (unpaired) electrons. The summed E-state index contributed by atoms with van der Waals surface area (Å²) in [4.78, 5) is 25.8. The van der Waals surface area contributed by atoms with Crippen LogP contribution in [0.2, 0.25) is 0 Å². The summed E-state index contributed by atoms with van der Waals surface area (Å²) in [6.07, 6.45) is 3.77. The highest BCUT2D eigenvalue weighted by Crippen LogP contribution is 2.21. The van der Waals surface area contributed by atoms with Crippen LogP contribution in [-0.2, 0) is 4.79 Å². The summed E-state index contributed by atoms with van der Waals surface area (Å²) in [5.74, 6) is -0.248. The van der Waals surface area contributed by atoms with Crippen LogP contribution in [0.15, 0.2) is 77.0 Å². The largest absolute Gasteiger partial charge is 0.465 e. The van der Waals surface area contributed by atoms with Gasteiger partial charge in [-0.2, -0.15) is 0 Å². The number of carbonyl (C=O) groups excluding carboxylic acids is 2. The number of aryl methyl sites for hydroxylation is 2. The topological polar surface area (TPSA) is 71.3 Å². The molecule has 2 N–H and O–H groups in total. The highest BCUT2D eigenvalue weighted by atomic mass is 16.3. The Morgan fingerprint density at radius 1 is 1.00 bits per heavy atom. The molecule has 0 spiro atoms. The van der Waals surface area contributed by atoms with Crippen molar-refractivity contribution < 1.29 is 14.0 Å². The summed E-state index contributed by atoms with van der Waals surface area (Å²) >= 11 is 0. The van der Waals surface area contributed by atoms with Crippen molar-refractivity contribution in [2.24, 2.45) is 0 Å². The van der Waals surface area contributed by atoms with E-state index in [-0.39, 0.29) is 23.6 Å². The molecule has 0 bridgehead atoms. The van der Waals surface area contributed by atoms with Gasteiger partial charge in [-0.25, -0.2) is 0 Å². The molecule has 3 rings (SSSR count). The van der Waals surface area contributed by atoms with Crippen LogP contribution >= 0.6 is 0 Å². The first-order valence-corrected chi connectivity index (χ1v) is 9.97. The molecule has 1 heterocycles. The molecule has 1 atom stereocenters. The zero-order valence-electron chi connectivity index (χ0n) is 17.4. The summed E-state index contributed by atoms with van der Waals surface area (Å²) in [5, 5.41) is 5.78. The lowest BCUT2D eigenvalue weighted by atomic mass is 9.99. The number of hydrogen-bond acceptors (Lipinski definition) is 3. The average Bonchev–Trinajstić information content (AvgIpc) is 3.25. The van der Waals surface area contributed by atoms with Crippen molar-refractivity contribution in [3.05, 3.63) is 101 Å². The van der Waals surface area contributed by atoms with Crippen molar-refractivity contribution in [3.63, 3.8) is 0 Å². The number of hydrogen-bond donors (Lipinski definition) is 2. The van der Waals surface area contributed by atoms with Crippen LogP contribution in [0.5, 0.6) is 0 Å². The first kappa shape index (κ1) is 21.1. The van der Waals surface area contributed by atoms with Crippen molar-refractivity contribution >= 4 is 17.9 Å². The molecule has 0 saturated carbocycles. The number of nitrogens with one attached hydrogen (secondary N) is 2. The van der Waals surface area contributed by atoms with E-state index in [0.29, 0.717) is 11.3 Å². The monoisotopic (exact) mass is 402 g/mol. The van der Waals surface area contributed by atoms with E-state index in [4.69, 9.17) is 4.42 Å². The third-order valence-corrected chi connectivity index (χ3v) is 4.91. The molecule has 5 nitrogen and oxygen atoms in total. The lowest BCUT2D eigenvalue weighted by Crippen LogP contribution is -2.37. The van der Waals surface area contributed by atoms with E-state index in [0.717, 1.165) is 23.1 Å². The molecular weight excluding hydrogens is 376 g/mol. The number of benzene rings is 2. The van der Waals surface area contributed by atoms with Crippen LogP contribution in [0, 0.1) is 13.8 Å². The molecule has 0 aliphatic heterocycles. The predicted octanol–water partition coefficient (Wildman–Crippen LogP) is 4.93. The van der Waals surface area contributed by atoms with Crippen LogP contribution in [0.25, 0.3) is 6.08 Å². The molecule has 1 aromatic heterocycles. The Balaban J connectivity index is 1.84. The summed E-state index contributed by atoms with van der Waals surface area (Å²) in [7, 11) is 0. The van der Waals surface area contributed by atoms with Crippen molar-refractivity contribution in [2.75, 3.05) is 0 Å². The Bertz CT molecular complexity index is 1030. The summed E-state index contributed by atoms with van der Waals surface area (Å²) in [6, 6.07) is 18.4. The van der Waals surface area contributed by atoms with Gasteiger partial charge in [0.25, 0.3) is 11.8 Å². The SMILES string of the molecule is CCC(NC(=O)/C(=C/c1ccco1)NC(=O)c1ccc(C)cc1)c1ccccc1C. The molecule has 2 aromatic carbocycles. The Morgan fingerprint density at radius 2 is 1.73 bits per heavy atom. The van der Waals surface area contributed by atoms with E-state index in [1.54, 1.807) is 24.3 Å². The maximum absolute atomic E-state index is 13.1. The fourth-order valence-electron chi connectivity index (χ4n) is 3.19. The van der Waals surface area contributed by atoms with Crippen LogP contribution in [0.1, 0.15) is 52.2 Å². The van der Waals surface area contributed by atoms with E-state index in [1.807, 2.05) is 57.2 Å². The highest BCUT2D eigenvalue weighted by Gasteiger charge is 2.20. The van der Waals surface area contributed by atoms with Crippen LogP contribution in [0.4, 0.5) is 0 Å². The average molecular weight is 402 g/mol. The molecule has 0 aliphatic rings. The van der Waals surface area contributed by atoms with E-state index < -0.39 is 0 Å². The lowest BCUT2D eigenvalue weighted by Gasteiger charge is -2.20. The number of amides is 2. The number of carbonyl (C=O) groups is 2. The first-order valence-electron chi connectivity index (χ1n) is 9.97. The van der Waals surface area contributed by atoms with E-state index in [1.165, 1.54) is 12.3 Å². The second-order valence-corrected chi connectivity index (χ2v) is 7.18. The van der Waals surface area contributed by atoms with E-state index in [2.05, 4.69) is 10.6 Å². The van der Waals surface area contributed by atoms with E-state index in [9.17, 15) is 9.59 Å². The fraction of sp³-hybridized carbons (Fsp3) is 0.200. The van der Waals surface area contributed by atoms with Crippen molar-refractivity contribution in [2.45, 2.75) is 33.2 Å². The Labute approximate surface area is 176 Å². The Hall–Kier alpha value is -3.60. The van der Waals surface area contributed by atoms with Gasteiger partial charge in [0.05, 0.1) is 12.3 Å². The molecule has 2 amide bonds. The second-order valence-electron chi connectivity index (χ2n) is 7.18. The Kier molecular flexibility index (Phi) is 6.86. The third kappa shape index (κ3) is 5.26. The molecule has 0 saturated heterocycles. The van der Waals surface area contributed by atoms with Crippen LogP contribution < -0.4 is 10.6 Å². The molecule has 3 aromatic rings.